The average Bonchev–Trinajstić information content (AvgIpc) is 2.33. The summed E-state index contributed by atoms with van der Waals surface area (Å²) in [4.78, 5) is 20.8. The van der Waals surface area contributed by atoms with Crippen molar-refractivity contribution in [1.29, 1.82) is 0 Å². The summed E-state index contributed by atoms with van der Waals surface area (Å²) < 4.78 is 96.4. The molecule has 1 N–H and O–H groups in total. The van der Waals surface area contributed by atoms with Gasteiger partial charge in [0.25, 0.3) is 0 Å². The molecule has 0 aliphatic heterocycles. The fourth-order valence-electron chi connectivity index (χ4n) is 1.26. The molecule has 0 saturated carbocycles. The lowest BCUT2D eigenvalue weighted by Gasteiger charge is -2.37. The van der Waals surface area contributed by atoms with Gasteiger partial charge < -0.3 is 9.84 Å². The van der Waals surface area contributed by atoms with Gasteiger partial charge in [-0.15, -0.1) is 0 Å². The molecule has 0 heterocycles. The Balaban J connectivity index is 5.53. The van der Waals surface area contributed by atoms with E-state index in [1.807, 2.05) is 0 Å². The number of ether oxygens (including phenoxy) is 1. The van der Waals surface area contributed by atoms with Crippen LogP contribution in [0.4, 0.5) is 30.7 Å². The predicted molar refractivity (Wildman–Crippen MR) is 62.1 cm³/mol. The Bertz CT molecular complexity index is 494. The molecule has 134 valence electrons. The van der Waals surface area contributed by atoms with Crippen LogP contribution >= 0.6 is 0 Å². The van der Waals surface area contributed by atoms with Crippen LogP contribution in [0.25, 0.3) is 0 Å². The molecule has 0 aliphatic carbocycles. The van der Waals surface area contributed by atoms with E-state index in [0.717, 1.165) is 20.8 Å². The van der Waals surface area contributed by atoms with Gasteiger partial charge in [0.2, 0.25) is 0 Å². The summed E-state index contributed by atoms with van der Waals surface area (Å²) in [6.45, 7) is 2.34. The number of carboxylic acid groups (broad SMARTS) is 1. The molecule has 0 radical (unpaired) electrons. The predicted octanol–water partition coefficient (Wildman–Crippen LogP) is 3.42. The van der Waals surface area contributed by atoms with E-state index in [0.29, 0.717) is 0 Å². The first kappa shape index (κ1) is 21.2. The fourth-order valence-corrected chi connectivity index (χ4v) is 1.26. The highest BCUT2D eigenvalue weighted by molar-refractivity contribution is 5.90. The third-order valence-electron chi connectivity index (χ3n) is 2.45. The first-order valence-electron chi connectivity index (χ1n) is 5.88. The van der Waals surface area contributed by atoms with E-state index in [9.17, 15) is 40.3 Å². The lowest BCUT2D eigenvalue weighted by atomic mass is 9.84. The summed E-state index contributed by atoms with van der Waals surface area (Å²) in [5.41, 5.74) is -2.11. The molecule has 0 aromatic carbocycles. The second kappa shape index (κ2) is 6.36. The maximum absolute atomic E-state index is 13.5. The Morgan fingerprint density at radius 1 is 1.00 bits per heavy atom. The maximum atomic E-state index is 13.5. The molecule has 1 unspecified atom stereocenters. The topological polar surface area (TPSA) is 63.6 Å². The lowest BCUT2D eigenvalue weighted by molar-refractivity contribution is -0.396. The van der Waals surface area contributed by atoms with Crippen molar-refractivity contribution in [2.24, 2.45) is 5.41 Å². The van der Waals surface area contributed by atoms with Gasteiger partial charge in [0, 0.05) is 12.2 Å². The summed E-state index contributed by atoms with van der Waals surface area (Å²) in [5, 5.41) is 8.11. The highest BCUT2D eigenvalue weighted by Crippen LogP contribution is 2.51. The van der Waals surface area contributed by atoms with Crippen LogP contribution < -0.4 is 0 Å². The van der Waals surface area contributed by atoms with Crippen LogP contribution in [-0.4, -0.2) is 41.2 Å². The van der Waals surface area contributed by atoms with Gasteiger partial charge in [0.1, 0.15) is 0 Å². The molecule has 0 aromatic rings. The van der Waals surface area contributed by atoms with Crippen molar-refractivity contribution < 1.29 is 50.2 Å². The number of carbonyl (C=O) groups is 2. The van der Waals surface area contributed by atoms with Crippen LogP contribution in [0.1, 0.15) is 20.8 Å². The van der Waals surface area contributed by atoms with Crippen LogP contribution in [0.3, 0.4) is 0 Å². The Hall–Kier alpha value is -1.81. The number of alkyl halides is 7. The lowest BCUT2D eigenvalue weighted by Crippen LogP contribution is -2.61. The van der Waals surface area contributed by atoms with Crippen molar-refractivity contribution in [3.8, 4) is 0 Å². The van der Waals surface area contributed by atoms with Crippen molar-refractivity contribution in [1.82, 2.24) is 0 Å². The summed E-state index contributed by atoms with van der Waals surface area (Å²) >= 11 is 0. The molecule has 0 aliphatic rings. The smallest absolute Gasteiger partial charge is 0.473 e. The van der Waals surface area contributed by atoms with Crippen molar-refractivity contribution >= 4 is 11.9 Å². The van der Waals surface area contributed by atoms with Crippen molar-refractivity contribution in [3.05, 3.63) is 12.2 Å². The minimum absolute atomic E-state index is 0.0399. The Labute approximate surface area is 125 Å². The number of rotatable bonds is 6. The molecule has 0 saturated heterocycles. The van der Waals surface area contributed by atoms with Gasteiger partial charge in [-0.3, -0.25) is 0 Å². The van der Waals surface area contributed by atoms with E-state index < -0.39 is 41.5 Å². The zero-order chi connectivity index (χ0) is 18.9. The quantitative estimate of drug-likeness (QED) is 0.451. The van der Waals surface area contributed by atoms with Gasteiger partial charge in [0.15, 0.2) is 6.17 Å². The minimum atomic E-state index is -6.38. The van der Waals surface area contributed by atoms with Gasteiger partial charge >= 0.3 is 29.9 Å². The van der Waals surface area contributed by atoms with E-state index in [1.165, 1.54) is 0 Å². The van der Waals surface area contributed by atoms with Gasteiger partial charge in [-0.25, -0.2) is 14.0 Å². The van der Waals surface area contributed by atoms with Gasteiger partial charge in [0.05, 0.1) is 0 Å². The van der Waals surface area contributed by atoms with Gasteiger partial charge in [-0.2, -0.15) is 26.3 Å². The largest absolute Gasteiger partial charge is 0.478 e. The first-order valence-corrected chi connectivity index (χ1v) is 5.88. The Kier molecular flexibility index (Phi) is 5.86. The number of carboxylic acids is 1. The molecule has 0 rings (SSSR count). The SMILES string of the molecule is CC(C)(C)C(F)C(F)(F)C(F)(F)C(F)(F)OC(=O)C=CC(=O)O. The second-order valence-electron chi connectivity index (χ2n) is 5.54. The summed E-state index contributed by atoms with van der Waals surface area (Å²) in [7, 11) is 0. The maximum Gasteiger partial charge on any atom is 0.473 e. The number of aliphatic carboxylic acids is 1. The minimum Gasteiger partial charge on any atom is -0.478 e. The zero-order valence-electron chi connectivity index (χ0n) is 12.0. The van der Waals surface area contributed by atoms with Crippen molar-refractivity contribution in [2.45, 2.75) is 44.9 Å². The third kappa shape index (κ3) is 4.58. The van der Waals surface area contributed by atoms with E-state index in [-0.39, 0.29) is 12.2 Å². The molecule has 23 heavy (non-hydrogen) atoms. The second-order valence-corrected chi connectivity index (χ2v) is 5.54. The Morgan fingerprint density at radius 2 is 1.43 bits per heavy atom. The van der Waals surface area contributed by atoms with Crippen LogP contribution in [0.15, 0.2) is 12.2 Å². The normalized spacial score (nSPS) is 15.6. The van der Waals surface area contributed by atoms with E-state index in [4.69, 9.17) is 5.11 Å². The standard InChI is InChI=1S/C12H13F7O4/c1-9(2,3)8(13)10(14,15)11(16,17)12(18,19)23-7(22)5-4-6(20)21/h4-5,8H,1-3H3,(H,20,21). The molecular weight excluding hydrogens is 341 g/mol. The van der Waals surface area contributed by atoms with Crippen LogP contribution in [0.5, 0.6) is 0 Å². The molecule has 0 aromatic heterocycles. The number of hydrogen-bond acceptors (Lipinski definition) is 3. The molecule has 0 spiro atoms. The fraction of sp³-hybridized carbons (Fsp3) is 0.667. The average molecular weight is 354 g/mol. The van der Waals surface area contributed by atoms with E-state index in [1.54, 1.807) is 0 Å². The summed E-state index contributed by atoms with van der Waals surface area (Å²) in [6, 6.07) is 0. The van der Waals surface area contributed by atoms with Crippen molar-refractivity contribution in [2.75, 3.05) is 0 Å². The molecule has 1 atom stereocenters. The third-order valence-corrected chi connectivity index (χ3v) is 2.45. The molecule has 4 nitrogen and oxygen atoms in total. The molecule has 11 heteroatoms. The molecular formula is C12H13F7O4. The van der Waals surface area contributed by atoms with E-state index >= 15 is 0 Å². The van der Waals surface area contributed by atoms with Crippen molar-refractivity contribution in [3.63, 3.8) is 0 Å². The van der Waals surface area contributed by atoms with Crippen LogP contribution in [0.2, 0.25) is 0 Å². The zero-order valence-corrected chi connectivity index (χ0v) is 12.0. The van der Waals surface area contributed by atoms with Crippen LogP contribution in [-0.2, 0) is 14.3 Å². The number of halogens is 7. The number of hydrogen-bond donors (Lipinski definition) is 1. The van der Waals surface area contributed by atoms with E-state index in [2.05, 4.69) is 4.74 Å². The summed E-state index contributed by atoms with van der Waals surface area (Å²) in [5.74, 6) is -16.4. The molecule has 0 amide bonds. The highest BCUT2D eigenvalue weighted by Gasteiger charge is 2.78. The first-order chi connectivity index (χ1) is 9.97. The summed E-state index contributed by atoms with van der Waals surface area (Å²) in [6.07, 6.45) is -10.0. The monoisotopic (exact) mass is 354 g/mol. The van der Waals surface area contributed by atoms with Crippen LogP contribution in [0, 0.1) is 5.41 Å². The Morgan fingerprint density at radius 3 is 1.78 bits per heavy atom. The van der Waals surface area contributed by atoms with Gasteiger partial charge in [-0.1, -0.05) is 20.8 Å². The number of carbonyl (C=O) groups excluding carboxylic acids is 1. The molecule has 0 bridgehead atoms. The highest BCUT2D eigenvalue weighted by atomic mass is 19.4. The molecule has 0 fully saturated rings. The van der Waals surface area contributed by atoms with Gasteiger partial charge in [-0.05, 0) is 5.41 Å². The number of esters is 1.